The number of amides is 1. The van der Waals surface area contributed by atoms with Crippen LogP contribution in [0.2, 0.25) is 0 Å². The second-order valence-corrected chi connectivity index (χ2v) is 6.39. The number of nitrogens with one attached hydrogen (secondary N) is 1. The van der Waals surface area contributed by atoms with Gasteiger partial charge in [-0.15, -0.1) is 11.3 Å². The van der Waals surface area contributed by atoms with Crippen LogP contribution in [0.4, 0.5) is 0 Å². The Hall–Kier alpha value is -2.31. The standard InChI is InChI=1S/C16H11N3OS2/c20-16(12-2-1-3-13-15(12)19-22-18-13)17-9-10-4-5-14-11(8-10)6-7-21-14/h1-8H,9H2,(H,17,20). The van der Waals surface area contributed by atoms with Crippen LogP contribution in [0, 0.1) is 0 Å². The molecule has 2 heterocycles. The van der Waals surface area contributed by atoms with Crippen LogP contribution in [0.3, 0.4) is 0 Å². The first kappa shape index (κ1) is 13.4. The molecule has 0 aliphatic heterocycles. The molecule has 0 aliphatic rings. The van der Waals surface area contributed by atoms with Gasteiger partial charge < -0.3 is 5.32 Å². The van der Waals surface area contributed by atoms with Crippen LogP contribution in [-0.4, -0.2) is 14.7 Å². The molecule has 1 N–H and O–H groups in total. The van der Waals surface area contributed by atoms with Crippen LogP contribution in [0.1, 0.15) is 15.9 Å². The summed E-state index contributed by atoms with van der Waals surface area (Å²) in [6.07, 6.45) is 0. The Morgan fingerprint density at radius 2 is 2.09 bits per heavy atom. The quantitative estimate of drug-likeness (QED) is 0.623. The van der Waals surface area contributed by atoms with Crippen LogP contribution >= 0.6 is 23.1 Å². The van der Waals surface area contributed by atoms with Crippen LogP contribution in [0.15, 0.2) is 47.8 Å². The summed E-state index contributed by atoms with van der Waals surface area (Å²) < 4.78 is 9.62. The molecule has 4 nitrogen and oxygen atoms in total. The van der Waals surface area contributed by atoms with Crippen molar-refractivity contribution in [2.45, 2.75) is 6.54 Å². The Labute approximate surface area is 134 Å². The molecule has 0 saturated carbocycles. The van der Waals surface area contributed by atoms with E-state index in [2.05, 4.69) is 37.6 Å². The number of carbonyl (C=O) groups excluding carboxylic acids is 1. The van der Waals surface area contributed by atoms with Crippen molar-refractivity contribution in [3.8, 4) is 0 Å². The van der Waals surface area contributed by atoms with Crippen LogP contribution in [0.25, 0.3) is 21.1 Å². The van der Waals surface area contributed by atoms with E-state index >= 15 is 0 Å². The van der Waals surface area contributed by atoms with Crippen LogP contribution in [0.5, 0.6) is 0 Å². The Balaban J connectivity index is 1.55. The maximum absolute atomic E-state index is 12.4. The molecule has 6 heteroatoms. The molecule has 2 aromatic heterocycles. The van der Waals surface area contributed by atoms with E-state index in [0.29, 0.717) is 17.6 Å². The van der Waals surface area contributed by atoms with Gasteiger partial charge in [-0.1, -0.05) is 12.1 Å². The normalized spacial score (nSPS) is 11.1. The highest BCUT2D eigenvalue weighted by Gasteiger charge is 2.12. The number of benzene rings is 2. The zero-order valence-corrected chi connectivity index (χ0v) is 13.1. The molecule has 4 aromatic rings. The lowest BCUT2D eigenvalue weighted by Crippen LogP contribution is -2.23. The zero-order chi connectivity index (χ0) is 14.9. The van der Waals surface area contributed by atoms with Gasteiger partial charge in [-0.05, 0) is 46.7 Å². The number of fused-ring (bicyclic) bond motifs is 2. The van der Waals surface area contributed by atoms with Gasteiger partial charge in [0.1, 0.15) is 11.0 Å². The molecule has 0 aliphatic carbocycles. The third kappa shape index (κ3) is 2.36. The number of aromatic nitrogens is 2. The van der Waals surface area contributed by atoms with Crippen LogP contribution < -0.4 is 5.32 Å². The number of carbonyl (C=O) groups is 1. The molecule has 108 valence electrons. The van der Waals surface area contributed by atoms with Crippen molar-refractivity contribution in [1.82, 2.24) is 14.1 Å². The fourth-order valence-corrected chi connectivity index (χ4v) is 3.71. The van der Waals surface area contributed by atoms with Crippen molar-refractivity contribution in [2.75, 3.05) is 0 Å². The van der Waals surface area contributed by atoms with Crippen molar-refractivity contribution in [3.63, 3.8) is 0 Å². The highest BCUT2D eigenvalue weighted by Crippen LogP contribution is 2.22. The summed E-state index contributed by atoms with van der Waals surface area (Å²) in [5.41, 5.74) is 3.08. The third-order valence-electron chi connectivity index (χ3n) is 3.50. The van der Waals surface area contributed by atoms with E-state index in [9.17, 15) is 4.79 Å². The maximum Gasteiger partial charge on any atom is 0.253 e. The SMILES string of the molecule is O=C(NCc1ccc2sccc2c1)c1cccc2nsnc12. The molecule has 0 saturated heterocycles. The van der Waals surface area contributed by atoms with E-state index in [1.54, 1.807) is 17.4 Å². The monoisotopic (exact) mass is 325 g/mol. The van der Waals surface area contributed by atoms with Crippen molar-refractivity contribution >= 4 is 50.1 Å². The highest BCUT2D eigenvalue weighted by atomic mass is 32.1. The molecular formula is C16H11N3OS2. The summed E-state index contributed by atoms with van der Waals surface area (Å²) in [7, 11) is 0. The van der Waals surface area contributed by atoms with E-state index < -0.39 is 0 Å². The van der Waals surface area contributed by atoms with Gasteiger partial charge in [0.05, 0.1) is 17.3 Å². The molecule has 22 heavy (non-hydrogen) atoms. The second-order valence-electron chi connectivity index (χ2n) is 4.91. The Morgan fingerprint density at radius 3 is 3.05 bits per heavy atom. The molecule has 0 atom stereocenters. The molecule has 0 spiro atoms. The van der Waals surface area contributed by atoms with Gasteiger partial charge >= 0.3 is 0 Å². The van der Waals surface area contributed by atoms with Crippen molar-refractivity contribution in [1.29, 1.82) is 0 Å². The van der Waals surface area contributed by atoms with Gasteiger partial charge in [-0.3, -0.25) is 4.79 Å². The first-order chi connectivity index (χ1) is 10.8. The van der Waals surface area contributed by atoms with Gasteiger partial charge in [-0.25, -0.2) is 0 Å². The lowest BCUT2D eigenvalue weighted by Gasteiger charge is -2.06. The van der Waals surface area contributed by atoms with Gasteiger partial charge in [0.25, 0.3) is 5.91 Å². The molecule has 0 bridgehead atoms. The third-order valence-corrected chi connectivity index (χ3v) is 4.94. The summed E-state index contributed by atoms with van der Waals surface area (Å²) in [6.45, 7) is 0.499. The molecule has 0 radical (unpaired) electrons. The molecule has 1 amide bonds. The minimum absolute atomic E-state index is 0.122. The summed E-state index contributed by atoms with van der Waals surface area (Å²) in [6, 6.07) is 13.8. The summed E-state index contributed by atoms with van der Waals surface area (Å²) in [4.78, 5) is 12.4. The average Bonchev–Trinajstić information content (AvgIpc) is 3.20. The van der Waals surface area contributed by atoms with E-state index in [4.69, 9.17) is 0 Å². The topological polar surface area (TPSA) is 54.9 Å². The molecular weight excluding hydrogens is 314 g/mol. The highest BCUT2D eigenvalue weighted by molar-refractivity contribution is 7.17. The van der Waals surface area contributed by atoms with Crippen molar-refractivity contribution in [2.24, 2.45) is 0 Å². The number of thiophene rings is 1. The first-order valence-electron chi connectivity index (χ1n) is 6.77. The second kappa shape index (κ2) is 5.47. The zero-order valence-electron chi connectivity index (χ0n) is 11.4. The predicted octanol–water partition coefficient (Wildman–Crippen LogP) is 3.84. The minimum atomic E-state index is -0.122. The summed E-state index contributed by atoms with van der Waals surface area (Å²) in [5.74, 6) is -0.122. The fraction of sp³-hybridized carbons (Fsp3) is 0.0625. The average molecular weight is 325 g/mol. The van der Waals surface area contributed by atoms with Crippen molar-refractivity contribution < 1.29 is 4.79 Å². The Morgan fingerprint density at radius 1 is 1.14 bits per heavy atom. The van der Waals surface area contributed by atoms with E-state index in [-0.39, 0.29) is 5.91 Å². The lowest BCUT2D eigenvalue weighted by atomic mass is 10.1. The van der Waals surface area contributed by atoms with E-state index in [1.165, 1.54) is 10.1 Å². The van der Waals surface area contributed by atoms with Gasteiger partial charge in [0.15, 0.2) is 0 Å². The lowest BCUT2D eigenvalue weighted by molar-refractivity contribution is 0.0952. The summed E-state index contributed by atoms with van der Waals surface area (Å²) >= 11 is 2.84. The van der Waals surface area contributed by atoms with E-state index in [0.717, 1.165) is 22.8 Å². The molecule has 0 fully saturated rings. The first-order valence-corrected chi connectivity index (χ1v) is 8.38. The number of hydrogen-bond donors (Lipinski definition) is 1. The smallest absolute Gasteiger partial charge is 0.253 e. The predicted molar refractivity (Wildman–Crippen MR) is 90.4 cm³/mol. The van der Waals surface area contributed by atoms with Gasteiger partial charge in [0, 0.05) is 11.2 Å². The Kier molecular flexibility index (Phi) is 3.32. The Bertz CT molecular complexity index is 974. The van der Waals surface area contributed by atoms with Crippen LogP contribution in [-0.2, 0) is 6.54 Å². The van der Waals surface area contributed by atoms with E-state index in [1.807, 2.05) is 18.2 Å². The number of hydrogen-bond acceptors (Lipinski definition) is 5. The molecule has 0 unspecified atom stereocenters. The van der Waals surface area contributed by atoms with Crippen molar-refractivity contribution in [3.05, 3.63) is 59.0 Å². The fourth-order valence-electron chi connectivity index (χ4n) is 2.39. The molecule has 2 aromatic carbocycles. The number of rotatable bonds is 3. The minimum Gasteiger partial charge on any atom is -0.348 e. The largest absolute Gasteiger partial charge is 0.348 e. The number of nitrogens with zero attached hydrogens (tertiary/aromatic N) is 2. The summed E-state index contributed by atoms with van der Waals surface area (Å²) in [5, 5.41) is 6.24. The van der Waals surface area contributed by atoms with Gasteiger partial charge in [0.2, 0.25) is 0 Å². The maximum atomic E-state index is 12.4. The van der Waals surface area contributed by atoms with Gasteiger partial charge in [-0.2, -0.15) is 8.75 Å². The molecule has 4 rings (SSSR count).